The van der Waals surface area contributed by atoms with Gasteiger partial charge in [-0.05, 0) is 42.3 Å². The highest BCUT2D eigenvalue weighted by atomic mass is 16.2. The van der Waals surface area contributed by atoms with Crippen LogP contribution in [0.15, 0.2) is 54.7 Å². The van der Waals surface area contributed by atoms with Gasteiger partial charge in [0.25, 0.3) is 5.91 Å². The van der Waals surface area contributed by atoms with E-state index >= 15 is 0 Å². The van der Waals surface area contributed by atoms with Crippen LogP contribution in [0.5, 0.6) is 0 Å². The van der Waals surface area contributed by atoms with Crippen molar-refractivity contribution in [1.82, 2.24) is 14.8 Å². The number of carbonyl (C=O) groups excluding carboxylic acids is 2. The van der Waals surface area contributed by atoms with Gasteiger partial charge in [-0.2, -0.15) is 0 Å². The van der Waals surface area contributed by atoms with Crippen molar-refractivity contribution in [2.75, 3.05) is 19.6 Å². The van der Waals surface area contributed by atoms with Crippen molar-refractivity contribution >= 4 is 22.7 Å². The topological polar surface area (TPSA) is 56.4 Å². The summed E-state index contributed by atoms with van der Waals surface area (Å²) in [6.45, 7) is 5.88. The monoisotopic (exact) mass is 387 g/mol. The fraction of sp³-hybridized carbons (Fsp3) is 0.333. The van der Waals surface area contributed by atoms with Crippen molar-refractivity contribution in [2.45, 2.75) is 19.9 Å². The maximum Gasteiger partial charge on any atom is 0.253 e. The van der Waals surface area contributed by atoms with Crippen LogP contribution in [-0.4, -0.2) is 46.2 Å². The number of benzene rings is 2. The summed E-state index contributed by atoms with van der Waals surface area (Å²) >= 11 is 0. The molecular formula is C24H25N3O2. The molecule has 0 spiro atoms. The molecule has 5 nitrogen and oxygen atoms in total. The van der Waals surface area contributed by atoms with Crippen molar-refractivity contribution in [3.8, 4) is 0 Å². The van der Waals surface area contributed by atoms with Crippen LogP contribution in [0.1, 0.15) is 34.5 Å². The molecule has 2 fully saturated rings. The van der Waals surface area contributed by atoms with Gasteiger partial charge < -0.3 is 14.8 Å². The highest BCUT2D eigenvalue weighted by Gasteiger charge is 2.49. The Labute approximate surface area is 170 Å². The number of fused-ring (bicyclic) bond motifs is 2. The molecule has 2 aliphatic rings. The lowest BCUT2D eigenvalue weighted by atomic mass is 9.87. The van der Waals surface area contributed by atoms with Gasteiger partial charge in [-0.1, -0.05) is 24.3 Å². The molecule has 2 aromatic carbocycles. The van der Waals surface area contributed by atoms with E-state index in [1.54, 1.807) is 6.92 Å². The zero-order valence-electron chi connectivity index (χ0n) is 16.8. The van der Waals surface area contributed by atoms with Crippen LogP contribution >= 0.6 is 0 Å². The summed E-state index contributed by atoms with van der Waals surface area (Å²) in [5.74, 6) is 0.798. The Hall–Kier alpha value is -3.08. The first kappa shape index (κ1) is 18.0. The molecular weight excluding hydrogens is 362 g/mol. The summed E-state index contributed by atoms with van der Waals surface area (Å²) in [5.41, 5.74) is 4.18. The molecule has 5 heteroatoms. The number of aryl methyl sites for hydroxylation is 1. The standard InChI is InChI=1S/C24H25N3O2/c1-15-5-3-4-6-20(15)23-21-14-26(12-19(21)13-27(23)16(2)28)24(29)18-7-8-22-17(11-18)9-10-25-22/h3-11,19,21,23,25H,12-14H2,1-2H3/t19-,21-,23-/m1/s1. The maximum atomic E-state index is 13.2. The first-order valence-electron chi connectivity index (χ1n) is 10.2. The molecule has 29 heavy (non-hydrogen) atoms. The van der Waals surface area contributed by atoms with Gasteiger partial charge in [0, 0.05) is 61.1 Å². The molecule has 5 rings (SSSR count). The van der Waals surface area contributed by atoms with Crippen molar-refractivity contribution in [1.29, 1.82) is 0 Å². The molecule has 0 radical (unpaired) electrons. The predicted molar refractivity (Wildman–Crippen MR) is 112 cm³/mol. The van der Waals surface area contributed by atoms with Gasteiger partial charge in [-0.3, -0.25) is 9.59 Å². The molecule has 0 aliphatic carbocycles. The van der Waals surface area contributed by atoms with Crippen molar-refractivity contribution in [2.24, 2.45) is 11.8 Å². The van der Waals surface area contributed by atoms with E-state index in [4.69, 9.17) is 0 Å². The van der Waals surface area contributed by atoms with Crippen LogP contribution in [0.3, 0.4) is 0 Å². The summed E-state index contributed by atoms with van der Waals surface area (Å²) in [6.07, 6.45) is 1.89. The van der Waals surface area contributed by atoms with Crippen molar-refractivity contribution < 1.29 is 9.59 Å². The molecule has 3 heterocycles. The number of amides is 2. The third-order valence-electron chi connectivity index (χ3n) is 6.66. The summed E-state index contributed by atoms with van der Waals surface area (Å²) in [4.78, 5) is 32.7. The highest BCUT2D eigenvalue weighted by molar-refractivity contribution is 5.98. The second-order valence-corrected chi connectivity index (χ2v) is 8.39. The van der Waals surface area contributed by atoms with Gasteiger partial charge in [0.15, 0.2) is 0 Å². The first-order chi connectivity index (χ1) is 14.0. The van der Waals surface area contributed by atoms with E-state index in [0.717, 1.165) is 23.0 Å². The van der Waals surface area contributed by atoms with Gasteiger partial charge in [0.1, 0.15) is 0 Å². The highest BCUT2D eigenvalue weighted by Crippen LogP contribution is 2.46. The Balaban J connectivity index is 1.43. The SMILES string of the molecule is CC(=O)N1C[C@H]2CN(C(=O)c3ccc4[nH]ccc4c3)C[C@H]2[C@H]1c1ccccc1C. The molecule has 2 amide bonds. The van der Waals surface area contributed by atoms with E-state index in [0.29, 0.717) is 19.0 Å². The molecule has 1 aromatic heterocycles. The number of aromatic nitrogens is 1. The molecule has 0 saturated carbocycles. The Bertz CT molecular complexity index is 1100. The lowest BCUT2D eigenvalue weighted by Crippen LogP contribution is -2.36. The average Bonchev–Trinajstić information content (AvgIpc) is 3.41. The summed E-state index contributed by atoms with van der Waals surface area (Å²) < 4.78 is 0. The molecule has 0 unspecified atom stereocenters. The second kappa shape index (κ2) is 6.76. The number of nitrogens with zero attached hydrogens (tertiary/aromatic N) is 2. The molecule has 2 aliphatic heterocycles. The normalized spacial score (nSPS) is 23.6. The zero-order valence-corrected chi connectivity index (χ0v) is 16.8. The van der Waals surface area contributed by atoms with Crippen LogP contribution in [-0.2, 0) is 4.79 Å². The Morgan fingerprint density at radius 3 is 2.66 bits per heavy atom. The predicted octanol–water partition coefficient (Wildman–Crippen LogP) is 3.77. The van der Waals surface area contributed by atoms with Crippen LogP contribution in [0.25, 0.3) is 10.9 Å². The third kappa shape index (κ3) is 2.92. The van der Waals surface area contributed by atoms with Crippen LogP contribution < -0.4 is 0 Å². The Morgan fingerprint density at radius 2 is 1.86 bits per heavy atom. The maximum absolute atomic E-state index is 13.2. The third-order valence-corrected chi connectivity index (χ3v) is 6.66. The molecule has 3 atom stereocenters. The molecule has 2 saturated heterocycles. The number of H-pyrrole nitrogens is 1. The quantitative estimate of drug-likeness (QED) is 0.728. The number of hydrogen-bond donors (Lipinski definition) is 1. The van der Waals surface area contributed by atoms with E-state index < -0.39 is 0 Å². The largest absolute Gasteiger partial charge is 0.361 e. The lowest BCUT2D eigenvalue weighted by molar-refractivity contribution is -0.130. The lowest BCUT2D eigenvalue weighted by Gasteiger charge is -2.30. The first-order valence-corrected chi connectivity index (χ1v) is 10.2. The van der Waals surface area contributed by atoms with E-state index in [9.17, 15) is 9.59 Å². The van der Waals surface area contributed by atoms with Gasteiger partial charge in [0.2, 0.25) is 5.91 Å². The number of aromatic amines is 1. The summed E-state index contributed by atoms with van der Waals surface area (Å²) in [6, 6.07) is 16.2. The van der Waals surface area contributed by atoms with E-state index in [1.807, 2.05) is 52.4 Å². The van der Waals surface area contributed by atoms with Crippen LogP contribution in [0.2, 0.25) is 0 Å². The second-order valence-electron chi connectivity index (χ2n) is 8.39. The number of hydrogen-bond acceptors (Lipinski definition) is 2. The number of likely N-dealkylation sites (tertiary alicyclic amines) is 2. The van der Waals surface area contributed by atoms with Crippen molar-refractivity contribution in [3.05, 3.63) is 71.4 Å². The van der Waals surface area contributed by atoms with Gasteiger partial charge >= 0.3 is 0 Å². The van der Waals surface area contributed by atoms with Gasteiger partial charge in [-0.15, -0.1) is 0 Å². The van der Waals surface area contributed by atoms with Gasteiger partial charge in [0.05, 0.1) is 6.04 Å². The number of nitrogens with one attached hydrogen (secondary N) is 1. The van der Waals surface area contributed by atoms with Crippen LogP contribution in [0, 0.1) is 18.8 Å². The smallest absolute Gasteiger partial charge is 0.253 e. The number of carbonyl (C=O) groups is 2. The van der Waals surface area contributed by atoms with Crippen LogP contribution in [0.4, 0.5) is 0 Å². The summed E-state index contributed by atoms with van der Waals surface area (Å²) in [5, 5.41) is 1.05. The molecule has 0 bridgehead atoms. The van der Waals surface area contributed by atoms with E-state index in [1.165, 1.54) is 11.1 Å². The molecule has 1 N–H and O–H groups in total. The minimum absolute atomic E-state index is 0.0450. The fourth-order valence-corrected chi connectivity index (χ4v) is 5.22. The average molecular weight is 387 g/mol. The Morgan fingerprint density at radius 1 is 1.03 bits per heavy atom. The minimum atomic E-state index is 0.0450. The fourth-order valence-electron chi connectivity index (χ4n) is 5.22. The summed E-state index contributed by atoms with van der Waals surface area (Å²) in [7, 11) is 0. The van der Waals surface area contributed by atoms with Crippen molar-refractivity contribution in [3.63, 3.8) is 0 Å². The molecule has 3 aromatic rings. The minimum Gasteiger partial charge on any atom is -0.361 e. The zero-order chi connectivity index (χ0) is 20.1. The van der Waals surface area contributed by atoms with E-state index in [2.05, 4.69) is 24.0 Å². The molecule has 148 valence electrons. The number of rotatable bonds is 2. The Kier molecular flexibility index (Phi) is 4.19. The van der Waals surface area contributed by atoms with Gasteiger partial charge in [-0.25, -0.2) is 0 Å². The van der Waals surface area contributed by atoms with E-state index in [-0.39, 0.29) is 23.8 Å².